The van der Waals surface area contributed by atoms with Gasteiger partial charge in [0.25, 0.3) is 0 Å². The molecule has 1 aromatic rings. The van der Waals surface area contributed by atoms with Crippen LogP contribution in [0.15, 0.2) is 22.7 Å². The van der Waals surface area contributed by atoms with Gasteiger partial charge >= 0.3 is 0 Å². The summed E-state index contributed by atoms with van der Waals surface area (Å²) in [5, 5.41) is 21.2. The standard InChI is InChI=1S/C12H15BrN2O/c1-8(2)12(7-16)15-10-4-3-9(6-14)11(13)5-10/h3-5,8,12,15-16H,7H2,1-2H3. The SMILES string of the molecule is CC(C)C(CO)Nc1ccc(C#N)c(Br)c1. The molecule has 0 radical (unpaired) electrons. The summed E-state index contributed by atoms with van der Waals surface area (Å²) in [5.74, 6) is 0.347. The molecule has 0 heterocycles. The van der Waals surface area contributed by atoms with Crippen molar-refractivity contribution in [1.82, 2.24) is 0 Å². The van der Waals surface area contributed by atoms with Gasteiger partial charge in [0, 0.05) is 10.2 Å². The minimum Gasteiger partial charge on any atom is -0.394 e. The van der Waals surface area contributed by atoms with E-state index in [0.29, 0.717) is 11.5 Å². The number of rotatable bonds is 4. The molecule has 0 saturated carbocycles. The molecule has 86 valence electrons. The molecule has 0 spiro atoms. The first kappa shape index (κ1) is 13.0. The average Bonchev–Trinajstić information content (AvgIpc) is 2.25. The summed E-state index contributed by atoms with van der Waals surface area (Å²) < 4.78 is 0.764. The molecule has 2 N–H and O–H groups in total. The van der Waals surface area contributed by atoms with E-state index in [9.17, 15) is 5.11 Å². The fourth-order valence-corrected chi connectivity index (χ4v) is 1.80. The van der Waals surface area contributed by atoms with Crippen molar-refractivity contribution in [2.45, 2.75) is 19.9 Å². The van der Waals surface area contributed by atoms with Crippen molar-refractivity contribution in [3.8, 4) is 6.07 Å². The molecule has 1 aromatic carbocycles. The molecule has 0 aromatic heterocycles. The molecule has 3 nitrogen and oxygen atoms in total. The van der Waals surface area contributed by atoms with E-state index in [4.69, 9.17) is 5.26 Å². The van der Waals surface area contributed by atoms with E-state index in [0.717, 1.165) is 10.2 Å². The predicted octanol–water partition coefficient (Wildman–Crippen LogP) is 2.75. The Hall–Kier alpha value is -1.05. The lowest BCUT2D eigenvalue weighted by Gasteiger charge is -2.21. The van der Waals surface area contributed by atoms with Crippen molar-refractivity contribution >= 4 is 21.6 Å². The number of halogens is 1. The van der Waals surface area contributed by atoms with Crippen LogP contribution in [0.3, 0.4) is 0 Å². The van der Waals surface area contributed by atoms with Crippen LogP contribution in [0.25, 0.3) is 0 Å². The Morgan fingerprint density at radius 3 is 2.62 bits per heavy atom. The molecular weight excluding hydrogens is 268 g/mol. The highest BCUT2D eigenvalue weighted by molar-refractivity contribution is 9.10. The second kappa shape index (κ2) is 5.88. The minimum absolute atomic E-state index is 0.0276. The Morgan fingerprint density at radius 2 is 2.19 bits per heavy atom. The molecule has 0 bridgehead atoms. The van der Waals surface area contributed by atoms with E-state index in [2.05, 4.69) is 27.3 Å². The zero-order chi connectivity index (χ0) is 12.1. The van der Waals surface area contributed by atoms with Gasteiger partial charge < -0.3 is 10.4 Å². The molecule has 1 atom stereocenters. The van der Waals surface area contributed by atoms with Crippen LogP contribution in [-0.2, 0) is 0 Å². The first-order valence-electron chi connectivity index (χ1n) is 5.15. The molecule has 16 heavy (non-hydrogen) atoms. The van der Waals surface area contributed by atoms with Gasteiger partial charge in [-0.1, -0.05) is 13.8 Å². The molecular formula is C12H15BrN2O. The van der Waals surface area contributed by atoms with Crippen molar-refractivity contribution in [3.05, 3.63) is 28.2 Å². The fourth-order valence-electron chi connectivity index (χ4n) is 1.33. The lowest BCUT2D eigenvalue weighted by molar-refractivity contribution is 0.249. The van der Waals surface area contributed by atoms with Gasteiger partial charge in [0.1, 0.15) is 6.07 Å². The Labute approximate surface area is 104 Å². The molecule has 1 rings (SSSR count). The number of hydrogen-bond acceptors (Lipinski definition) is 3. The Morgan fingerprint density at radius 1 is 1.50 bits per heavy atom. The third-order valence-corrected chi connectivity index (χ3v) is 3.10. The monoisotopic (exact) mass is 282 g/mol. The van der Waals surface area contributed by atoms with E-state index in [1.165, 1.54) is 0 Å². The van der Waals surface area contributed by atoms with E-state index >= 15 is 0 Å². The number of nitrogens with one attached hydrogen (secondary N) is 1. The molecule has 0 aliphatic rings. The minimum atomic E-state index is 0.0276. The van der Waals surface area contributed by atoms with E-state index in [1.54, 1.807) is 6.07 Å². The number of nitrogens with zero attached hydrogens (tertiary/aromatic N) is 1. The zero-order valence-corrected chi connectivity index (χ0v) is 11.0. The molecule has 0 fully saturated rings. The van der Waals surface area contributed by atoms with Crippen LogP contribution in [0.5, 0.6) is 0 Å². The van der Waals surface area contributed by atoms with Gasteiger partial charge in [-0.05, 0) is 40.0 Å². The summed E-state index contributed by atoms with van der Waals surface area (Å²) in [6, 6.07) is 7.56. The van der Waals surface area contributed by atoms with Crippen LogP contribution >= 0.6 is 15.9 Å². The van der Waals surface area contributed by atoms with Crippen LogP contribution in [0.1, 0.15) is 19.4 Å². The first-order valence-corrected chi connectivity index (χ1v) is 5.94. The highest BCUT2D eigenvalue weighted by atomic mass is 79.9. The van der Waals surface area contributed by atoms with Crippen molar-refractivity contribution in [3.63, 3.8) is 0 Å². The smallest absolute Gasteiger partial charge is 0.100 e. The Kier molecular flexibility index (Phi) is 4.78. The average molecular weight is 283 g/mol. The maximum atomic E-state index is 9.20. The normalized spacial score (nSPS) is 12.2. The number of benzene rings is 1. The number of nitriles is 1. The summed E-state index contributed by atoms with van der Waals surface area (Å²) in [4.78, 5) is 0. The van der Waals surface area contributed by atoms with Gasteiger partial charge in [-0.15, -0.1) is 0 Å². The van der Waals surface area contributed by atoms with Crippen molar-refractivity contribution < 1.29 is 5.11 Å². The van der Waals surface area contributed by atoms with Gasteiger partial charge in [-0.3, -0.25) is 0 Å². The summed E-state index contributed by atoms with van der Waals surface area (Å²) in [5.41, 5.74) is 1.51. The van der Waals surface area contributed by atoms with E-state index in [1.807, 2.05) is 26.0 Å². The maximum Gasteiger partial charge on any atom is 0.100 e. The maximum absolute atomic E-state index is 9.20. The van der Waals surface area contributed by atoms with Gasteiger partial charge in [-0.25, -0.2) is 0 Å². The number of anilines is 1. The lowest BCUT2D eigenvalue weighted by Crippen LogP contribution is -2.29. The molecule has 0 saturated heterocycles. The lowest BCUT2D eigenvalue weighted by atomic mass is 10.0. The quantitative estimate of drug-likeness (QED) is 0.893. The molecule has 0 amide bonds. The largest absolute Gasteiger partial charge is 0.394 e. The first-order chi connectivity index (χ1) is 7.58. The third kappa shape index (κ3) is 3.22. The second-order valence-electron chi connectivity index (χ2n) is 3.98. The molecule has 0 aliphatic heterocycles. The third-order valence-electron chi connectivity index (χ3n) is 2.44. The van der Waals surface area contributed by atoms with Crippen LogP contribution in [0.2, 0.25) is 0 Å². The van der Waals surface area contributed by atoms with Gasteiger partial charge in [-0.2, -0.15) is 5.26 Å². The predicted molar refractivity (Wildman–Crippen MR) is 68.2 cm³/mol. The number of hydrogen-bond donors (Lipinski definition) is 2. The van der Waals surface area contributed by atoms with Gasteiger partial charge in [0.15, 0.2) is 0 Å². The highest BCUT2D eigenvalue weighted by Crippen LogP contribution is 2.22. The zero-order valence-electron chi connectivity index (χ0n) is 9.37. The topological polar surface area (TPSA) is 56.0 Å². The molecule has 0 aliphatic carbocycles. The van der Waals surface area contributed by atoms with Crippen LogP contribution in [0, 0.1) is 17.2 Å². The summed E-state index contributed by atoms with van der Waals surface area (Å²) in [7, 11) is 0. The number of aliphatic hydroxyl groups is 1. The Bertz CT molecular complexity index is 398. The summed E-state index contributed by atoms with van der Waals surface area (Å²) in [6.45, 7) is 4.19. The van der Waals surface area contributed by atoms with Crippen molar-refractivity contribution in [2.75, 3.05) is 11.9 Å². The second-order valence-corrected chi connectivity index (χ2v) is 4.84. The van der Waals surface area contributed by atoms with E-state index in [-0.39, 0.29) is 12.6 Å². The van der Waals surface area contributed by atoms with Crippen LogP contribution < -0.4 is 5.32 Å². The molecule has 4 heteroatoms. The van der Waals surface area contributed by atoms with Crippen LogP contribution in [0.4, 0.5) is 5.69 Å². The van der Waals surface area contributed by atoms with Gasteiger partial charge in [0.05, 0.1) is 18.2 Å². The molecule has 1 unspecified atom stereocenters. The summed E-state index contributed by atoms with van der Waals surface area (Å²) in [6.07, 6.45) is 0. The summed E-state index contributed by atoms with van der Waals surface area (Å²) >= 11 is 3.33. The van der Waals surface area contributed by atoms with Crippen LogP contribution in [-0.4, -0.2) is 17.8 Å². The Balaban J connectivity index is 2.83. The fraction of sp³-hybridized carbons (Fsp3) is 0.417. The van der Waals surface area contributed by atoms with E-state index < -0.39 is 0 Å². The van der Waals surface area contributed by atoms with Gasteiger partial charge in [0.2, 0.25) is 0 Å². The highest BCUT2D eigenvalue weighted by Gasteiger charge is 2.12. The number of aliphatic hydroxyl groups excluding tert-OH is 1. The van der Waals surface area contributed by atoms with Crippen molar-refractivity contribution in [1.29, 1.82) is 5.26 Å². The van der Waals surface area contributed by atoms with Crippen molar-refractivity contribution in [2.24, 2.45) is 5.92 Å².